The molecular weight excluding hydrogens is 461 g/mol. The third-order valence-corrected chi connectivity index (χ3v) is 5.00. The van der Waals surface area contributed by atoms with E-state index in [-0.39, 0.29) is 22.7 Å². The van der Waals surface area contributed by atoms with Crippen molar-refractivity contribution < 1.29 is 27.4 Å². The predicted molar refractivity (Wildman–Crippen MR) is 116 cm³/mol. The number of nitrogens with one attached hydrogen (secondary N) is 1. The fourth-order valence-electron chi connectivity index (χ4n) is 3.15. The van der Waals surface area contributed by atoms with Gasteiger partial charge in [0, 0.05) is 22.7 Å². The SMILES string of the molecule is COc1ccc(OC)c(NC(=O)c2cc3nc(-c4ccc(Cl)cc4)cc(C(F)(F)F)n3n2)c1. The molecule has 11 heteroatoms. The van der Waals surface area contributed by atoms with Gasteiger partial charge in [-0.2, -0.15) is 18.3 Å². The topological polar surface area (TPSA) is 77.8 Å². The van der Waals surface area contributed by atoms with Crippen molar-refractivity contribution in [2.24, 2.45) is 0 Å². The molecule has 4 aromatic rings. The van der Waals surface area contributed by atoms with E-state index in [9.17, 15) is 18.0 Å². The lowest BCUT2D eigenvalue weighted by Gasteiger charge is -2.11. The first kappa shape index (κ1) is 22.4. The van der Waals surface area contributed by atoms with E-state index in [0.29, 0.717) is 26.6 Å². The van der Waals surface area contributed by atoms with Gasteiger partial charge in [-0.05, 0) is 30.3 Å². The van der Waals surface area contributed by atoms with Gasteiger partial charge in [0.05, 0.1) is 25.6 Å². The van der Waals surface area contributed by atoms with Crippen LogP contribution in [-0.4, -0.2) is 34.7 Å². The minimum absolute atomic E-state index is 0.0628. The van der Waals surface area contributed by atoms with Crippen LogP contribution in [0.5, 0.6) is 11.5 Å². The first-order valence-electron chi connectivity index (χ1n) is 9.47. The van der Waals surface area contributed by atoms with Crippen molar-refractivity contribution in [1.82, 2.24) is 14.6 Å². The van der Waals surface area contributed by atoms with Gasteiger partial charge >= 0.3 is 6.18 Å². The summed E-state index contributed by atoms with van der Waals surface area (Å²) in [5, 5.41) is 6.87. The van der Waals surface area contributed by atoms with Gasteiger partial charge in [0.25, 0.3) is 5.91 Å². The van der Waals surface area contributed by atoms with Crippen LogP contribution in [0.2, 0.25) is 5.02 Å². The second kappa shape index (κ2) is 8.62. The van der Waals surface area contributed by atoms with Gasteiger partial charge in [0.1, 0.15) is 11.5 Å². The average Bonchev–Trinajstić information content (AvgIpc) is 3.22. The molecule has 170 valence electrons. The average molecular weight is 477 g/mol. The molecule has 1 N–H and O–H groups in total. The van der Waals surface area contributed by atoms with Gasteiger partial charge in [-0.1, -0.05) is 23.7 Å². The monoisotopic (exact) mass is 476 g/mol. The van der Waals surface area contributed by atoms with Crippen LogP contribution in [0.4, 0.5) is 18.9 Å². The molecule has 0 aliphatic rings. The normalized spacial score (nSPS) is 11.5. The zero-order valence-electron chi connectivity index (χ0n) is 17.3. The van der Waals surface area contributed by atoms with E-state index in [0.717, 1.165) is 6.07 Å². The molecule has 0 unspecified atom stereocenters. The second-order valence-corrected chi connectivity index (χ2v) is 7.29. The molecule has 0 saturated carbocycles. The Morgan fingerprint density at radius 3 is 2.39 bits per heavy atom. The van der Waals surface area contributed by atoms with Crippen molar-refractivity contribution in [3.63, 3.8) is 0 Å². The number of anilines is 1. The Labute approximate surface area is 190 Å². The van der Waals surface area contributed by atoms with Crippen LogP contribution in [0.15, 0.2) is 54.6 Å². The number of benzene rings is 2. The zero-order chi connectivity index (χ0) is 23.8. The summed E-state index contributed by atoms with van der Waals surface area (Å²) < 4.78 is 52.3. The summed E-state index contributed by atoms with van der Waals surface area (Å²) in [5.41, 5.74) is -0.711. The molecule has 4 rings (SSSR count). The molecule has 0 saturated heterocycles. The third-order valence-electron chi connectivity index (χ3n) is 4.75. The number of rotatable bonds is 5. The number of ether oxygens (including phenoxy) is 2. The predicted octanol–water partition coefficient (Wildman–Crippen LogP) is 5.34. The lowest BCUT2D eigenvalue weighted by Crippen LogP contribution is -2.16. The standard InChI is InChI=1S/C22H16ClF3N4O3/c1-32-14-7-8-18(33-2)16(9-14)28-21(31)17-11-20-27-15(12-3-5-13(23)6-4-12)10-19(22(24,25)26)30(20)29-17/h3-11H,1-2H3,(H,28,31). The smallest absolute Gasteiger partial charge is 0.433 e. The molecule has 2 aromatic carbocycles. The van der Waals surface area contributed by atoms with Crippen molar-refractivity contribution in [2.75, 3.05) is 19.5 Å². The third kappa shape index (κ3) is 4.56. The Morgan fingerprint density at radius 2 is 1.76 bits per heavy atom. The Kier molecular flexibility index (Phi) is 5.86. The number of carbonyl (C=O) groups excluding carboxylic acids is 1. The summed E-state index contributed by atoms with van der Waals surface area (Å²) >= 11 is 5.87. The minimum atomic E-state index is -4.74. The Hall–Kier alpha value is -3.79. The Morgan fingerprint density at radius 1 is 1.03 bits per heavy atom. The molecule has 0 fully saturated rings. The van der Waals surface area contributed by atoms with E-state index in [1.54, 1.807) is 36.4 Å². The molecule has 0 aliphatic carbocycles. The lowest BCUT2D eigenvalue weighted by molar-refractivity contribution is -0.142. The van der Waals surface area contributed by atoms with Crippen molar-refractivity contribution in [2.45, 2.75) is 6.18 Å². The Bertz CT molecular complexity index is 1340. The van der Waals surface area contributed by atoms with Crippen LogP contribution in [0.25, 0.3) is 16.9 Å². The quantitative estimate of drug-likeness (QED) is 0.421. The highest BCUT2D eigenvalue weighted by molar-refractivity contribution is 6.30. The van der Waals surface area contributed by atoms with Crippen molar-refractivity contribution in [1.29, 1.82) is 0 Å². The summed E-state index contributed by atoms with van der Waals surface area (Å²) in [6.45, 7) is 0. The van der Waals surface area contributed by atoms with Crippen LogP contribution >= 0.6 is 11.6 Å². The van der Waals surface area contributed by atoms with Gasteiger partial charge in [-0.25, -0.2) is 9.50 Å². The van der Waals surface area contributed by atoms with Crippen LogP contribution < -0.4 is 14.8 Å². The first-order chi connectivity index (χ1) is 15.7. The molecule has 7 nitrogen and oxygen atoms in total. The summed E-state index contributed by atoms with van der Waals surface area (Å²) in [6.07, 6.45) is -4.74. The molecule has 0 bridgehead atoms. The van der Waals surface area contributed by atoms with Crippen LogP contribution in [0, 0.1) is 0 Å². The van der Waals surface area contributed by atoms with Crippen LogP contribution in [-0.2, 0) is 6.18 Å². The van der Waals surface area contributed by atoms with Crippen molar-refractivity contribution >= 4 is 28.8 Å². The molecule has 0 atom stereocenters. The van der Waals surface area contributed by atoms with Crippen LogP contribution in [0.3, 0.4) is 0 Å². The number of methoxy groups -OCH3 is 2. The largest absolute Gasteiger partial charge is 0.497 e. The van der Waals surface area contributed by atoms with Crippen LogP contribution in [0.1, 0.15) is 16.2 Å². The fraction of sp³-hybridized carbons (Fsp3) is 0.136. The fourth-order valence-corrected chi connectivity index (χ4v) is 3.28. The number of carbonyl (C=O) groups is 1. The maximum Gasteiger partial charge on any atom is 0.433 e. The zero-order valence-corrected chi connectivity index (χ0v) is 18.0. The number of alkyl halides is 3. The molecule has 2 aromatic heterocycles. The maximum absolute atomic E-state index is 13.8. The summed E-state index contributed by atoms with van der Waals surface area (Å²) in [4.78, 5) is 17.1. The first-order valence-corrected chi connectivity index (χ1v) is 9.84. The summed E-state index contributed by atoms with van der Waals surface area (Å²) in [5.74, 6) is 0.0509. The van der Waals surface area contributed by atoms with Gasteiger partial charge in [-0.3, -0.25) is 4.79 Å². The number of fused-ring (bicyclic) bond motifs is 1. The number of halogens is 4. The van der Waals surface area contributed by atoms with E-state index >= 15 is 0 Å². The van der Waals surface area contributed by atoms with E-state index in [4.69, 9.17) is 21.1 Å². The van der Waals surface area contributed by atoms with Crippen molar-refractivity contribution in [3.8, 4) is 22.8 Å². The number of nitrogens with zero attached hydrogens (tertiary/aromatic N) is 3. The van der Waals surface area contributed by atoms with E-state index in [2.05, 4.69) is 15.4 Å². The number of hydrogen-bond acceptors (Lipinski definition) is 5. The minimum Gasteiger partial charge on any atom is -0.497 e. The Balaban J connectivity index is 1.77. The second-order valence-electron chi connectivity index (χ2n) is 6.85. The van der Waals surface area contributed by atoms with Gasteiger partial charge in [0.15, 0.2) is 17.0 Å². The highest BCUT2D eigenvalue weighted by atomic mass is 35.5. The molecule has 0 spiro atoms. The molecule has 0 radical (unpaired) electrons. The summed E-state index contributed by atoms with van der Waals surface area (Å²) in [7, 11) is 2.87. The molecule has 1 amide bonds. The molecular formula is C22H16ClF3N4O3. The van der Waals surface area contributed by atoms with E-state index < -0.39 is 17.8 Å². The number of amides is 1. The highest BCUT2D eigenvalue weighted by Gasteiger charge is 2.35. The van der Waals surface area contributed by atoms with Gasteiger partial charge in [0.2, 0.25) is 0 Å². The molecule has 2 heterocycles. The lowest BCUT2D eigenvalue weighted by atomic mass is 10.1. The van der Waals surface area contributed by atoms with Gasteiger partial charge < -0.3 is 14.8 Å². The van der Waals surface area contributed by atoms with E-state index in [1.807, 2.05) is 0 Å². The van der Waals surface area contributed by atoms with Crippen molar-refractivity contribution in [3.05, 3.63) is 71.0 Å². The number of aromatic nitrogens is 3. The number of hydrogen-bond donors (Lipinski definition) is 1. The highest BCUT2D eigenvalue weighted by Crippen LogP contribution is 2.33. The summed E-state index contributed by atoms with van der Waals surface area (Å²) in [6, 6.07) is 13.0. The van der Waals surface area contributed by atoms with Gasteiger partial charge in [-0.15, -0.1) is 0 Å². The molecule has 33 heavy (non-hydrogen) atoms. The maximum atomic E-state index is 13.8. The molecule has 0 aliphatic heterocycles. The van der Waals surface area contributed by atoms with E-state index in [1.165, 1.54) is 26.4 Å².